The van der Waals surface area contributed by atoms with E-state index in [9.17, 15) is 4.79 Å². The van der Waals surface area contributed by atoms with Crippen molar-refractivity contribution in [3.05, 3.63) is 0 Å². The number of nitrogens with two attached hydrogens (primary N) is 1. The monoisotopic (exact) mass is 305 g/mol. The van der Waals surface area contributed by atoms with E-state index in [1.807, 2.05) is 6.92 Å². The number of likely N-dealkylation sites (tertiary alicyclic amines) is 1. The third-order valence-electron chi connectivity index (χ3n) is 3.84. The number of hydrogen-bond donors (Lipinski definition) is 2. The highest BCUT2D eigenvalue weighted by molar-refractivity contribution is 5.85. The van der Waals surface area contributed by atoms with Crippen molar-refractivity contribution in [3.8, 4) is 0 Å². The lowest BCUT2D eigenvalue weighted by Gasteiger charge is -2.26. The van der Waals surface area contributed by atoms with E-state index >= 15 is 0 Å². The van der Waals surface area contributed by atoms with Gasteiger partial charge in [-0.3, -0.25) is 4.79 Å². The summed E-state index contributed by atoms with van der Waals surface area (Å²) in [6, 6.07) is -0.321. The van der Waals surface area contributed by atoms with Crippen molar-refractivity contribution in [2.45, 2.75) is 64.3 Å². The average Bonchev–Trinajstić information content (AvgIpc) is 2.43. The zero-order valence-corrected chi connectivity index (χ0v) is 13.7. The molecule has 0 bridgehead atoms. The first-order valence-corrected chi connectivity index (χ1v) is 7.99. The van der Waals surface area contributed by atoms with Gasteiger partial charge in [-0.05, 0) is 51.7 Å². The highest BCUT2D eigenvalue weighted by atomic mass is 35.5. The van der Waals surface area contributed by atoms with Gasteiger partial charge >= 0.3 is 0 Å². The molecule has 120 valence electrons. The van der Waals surface area contributed by atoms with Gasteiger partial charge in [0, 0.05) is 6.54 Å². The van der Waals surface area contributed by atoms with Crippen LogP contribution in [0.4, 0.5) is 0 Å². The molecular formula is C15H32ClN3O. The van der Waals surface area contributed by atoms with Crippen LogP contribution >= 0.6 is 12.4 Å². The van der Waals surface area contributed by atoms with Crippen molar-refractivity contribution in [2.75, 3.05) is 26.2 Å². The van der Waals surface area contributed by atoms with Gasteiger partial charge in [0.15, 0.2) is 0 Å². The van der Waals surface area contributed by atoms with Gasteiger partial charge in [-0.2, -0.15) is 0 Å². The number of halogens is 1. The van der Waals surface area contributed by atoms with Gasteiger partial charge in [0.1, 0.15) is 0 Å². The molecule has 0 saturated carbocycles. The molecule has 5 heteroatoms. The van der Waals surface area contributed by atoms with Crippen LogP contribution in [0.15, 0.2) is 0 Å². The number of nitrogens with zero attached hydrogens (tertiary/aromatic N) is 1. The molecule has 1 atom stereocenters. The number of hydrogen-bond acceptors (Lipinski definition) is 3. The maximum Gasteiger partial charge on any atom is 0.236 e. The molecule has 20 heavy (non-hydrogen) atoms. The minimum absolute atomic E-state index is 0. The van der Waals surface area contributed by atoms with Gasteiger partial charge in [0.2, 0.25) is 5.91 Å². The molecule has 0 spiro atoms. The van der Waals surface area contributed by atoms with E-state index in [-0.39, 0.29) is 24.4 Å². The SMILES string of the molecule is CCCC(N)C(=O)NCCCCCN1CCCCC1.Cl. The molecule has 1 aliphatic rings. The molecule has 0 radical (unpaired) electrons. The lowest BCUT2D eigenvalue weighted by molar-refractivity contribution is -0.122. The quantitative estimate of drug-likeness (QED) is 0.643. The van der Waals surface area contributed by atoms with Crippen LogP contribution in [-0.4, -0.2) is 43.0 Å². The summed E-state index contributed by atoms with van der Waals surface area (Å²) in [5.74, 6) is 0.0119. The normalized spacial score (nSPS) is 17.3. The Labute approximate surface area is 130 Å². The molecule has 1 aliphatic heterocycles. The second-order valence-corrected chi connectivity index (χ2v) is 5.65. The van der Waals surface area contributed by atoms with E-state index in [2.05, 4.69) is 10.2 Å². The third-order valence-corrected chi connectivity index (χ3v) is 3.84. The van der Waals surface area contributed by atoms with E-state index in [1.54, 1.807) is 0 Å². The number of amides is 1. The Morgan fingerprint density at radius 2 is 1.90 bits per heavy atom. The number of carbonyl (C=O) groups excluding carboxylic acids is 1. The van der Waals surface area contributed by atoms with Crippen LogP contribution in [0.5, 0.6) is 0 Å². The summed E-state index contributed by atoms with van der Waals surface area (Å²) in [5, 5.41) is 2.93. The molecule has 4 nitrogen and oxygen atoms in total. The smallest absolute Gasteiger partial charge is 0.236 e. The Bertz CT molecular complexity index is 245. The highest BCUT2D eigenvalue weighted by Crippen LogP contribution is 2.09. The second kappa shape index (κ2) is 12.4. The van der Waals surface area contributed by atoms with Gasteiger partial charge in [0.25, 0.3) is 0 Å². The van der Waals surface area contributed by atoms with Crippen LogP contribution in [0.2, 0.25) is 0 Å². The van der Waals surface area contributed by atoms with Gasteiger partial charge < -0.3 is 16.0 Å². The predicted octanol–water partition coefficient (Wildman–Crippen LogP) is 2.31. The zero-order chi connectivity index (χ0) is 13.9. The lowest BCUT2D eigenvalue weighted by atomic mass is 10.1. The fraction of sp³-hybridized carbons (Fsp3) is 0.933. The van der Waals surface area contributed by atoms with E-state index in [4.69, 9.17) is 5.73 Å². The third kappa shape index (κ3) is 8.77. The second-order valence-electron chi connectivity index (χ2n) is 5.65. The highest BCUT2D eigenvalue weighted by Gasteiger charge is 2.11. The molecule has 0 aliphatic carbocycles. The van der Waals surface area contributed by atoms with Crippen LogP contribution in [0.1, 0.15) is 58.3 Å². The summed E-state index contributed by atoms with van der Waals surface area (Å²) in [4.78, 5) is 14.1. The Morgan fingerprint density at radius 1 is 1.20 bits per heavy atom. The molecule has 0 aromatic rings. The molecule has 1 unspecified atom stereocenters. The van der Waals surface area contributed by atoms with Crippen molar-refractivity contribution < 1.29 is 4.79 Å². The molecule has 1 amide bonds. The Hall–Kier alpha value is -0.320. The molecule has 1 rings (SSSR count). The van der Waals surface area contributed by atoms with Gasteiger partial charge in [-0.15, -0.1) is 12.4 Å². The summed E-state index contributed by atoms with van der Waals surface area (Å²) in [5.41, 5.74) is 5.75. The molecule has 0 aromatic heterocycles. The average molecular weight is 306 g/mol. The van der Waals surface area contributed by atoms with Crippen molar-refractivity contribution in [1.29, 1.82) is 0 Å². The minimum atomic E-state index is -0.321. The van der Waals surface area contributed by atoms with Gasteiger partial charge in [-0.25, -0.2) is 0 Å². The maximum atomic E-state index is 11.6. The first-order chi connectivity index (χ1) is 9.24. The molecular weight excluding hydrogens is 274 g/mol. The van der Waals surface area contributed by atoms with E-state index < -0.39 is 0 Å². The standard InChI is InChI=1S/C15H31N3O.ClH/c1-2-9-14(16)15(19)17-10-5-3-6-11-18-12-7-4-8-13-18;/h14H,2-13,16H2,1H3,(H,17,19);1H. The molecule has 3 N–H and O–H groups in total. The molecule has 1 saturated heterocycles. The van der Waals surface area contributed by atoms with Crippen molar-refractivity contribution in [1.82, 2.24) is 10.2 Å². The van der Waals surface area contributed by atoms with E-state index in [0.29, 0.717) is 0 Å². The summed E-state index contributed by atoms with van der Waals surface area (Å²) < 4.78 is 0. The fourth-order valence-corrected chi connectivity index (χ4v) is 2.60. The van der Waals surface area contributed by atoms with Crippen molar-refractivity contribution in [2.24, 2.45) is 5.73 Å². The van der Waals surface area contributed by atoms with Crippen molar-refractivity contribution >= 4 is 18.3 Å². The summed E-state index contributed by atoms with van der Waals surface area (Å²) in [6.07, 6.45) is 9.39. The summed E-state index contributed by atoms with van der Waals surface area (Å²) in [7, 11) is 0. The van der Waals surface area contributed by atoms with Crippen LogP contribution in [0, 0.1) is 0 Å². The minimum Gasteiger partial charge on any atom is -0.355 e. The van der Waals surface area contributed by atoms with Crippen LogP contribution in [-0.2, 0) is 4.79 Å². The molecule has 0 aromatic carbocycles. The largest absolute Gasteiger partial charge is 0.355 e. The first-order valence-electron chi connectivity index (χ1n) is 7.99. The summed E-state index contributed by atoms with van der Waals surface area (Å²) >= 11 is 0. The maximum absolute atomic E-state index is 11.6. The Morgan fingerprint density at radius 3 is 2.55 bits per heavy atom. The summed E-state index contributed by atoms with van der Waals surface area (Å²) in [6.45, 7) is 6.61. The van der Waals surface area contributed by atoms with Crippen molar-refractivity contribution in [3.63, 3.8) is 0 Å². The number of rotatable bonds is 9. The number of piperidine rings is 1. The number of unbranched alkanes of at least 4 members (excludes halogenated alkanes) is 2. The number of carbonyl (C=O) groups is 1. The first kappa shape index (κ1) is 19.7. The Kier molecular flexibility index (Phi) is 12.2. The van der Waals surface area contributed by atoms with Crippen LogP contribution < -0.4 is 11.1 Å². The molecule has 1 heterocycles. The number of nitrogens with one attached hydrogen (secondary N) is 1. The van der Waals surface area contributed by atoms with E-state index in [0.717, 1.165) is 25.8 Å². The zero-order valence-electron chi connectivity index (χ0n) is 12.9. The Balaban J connectivity index is 0.00000361. The van der Waals surface area contributed by atoms with Crippen LogP contribution in [0.3, 0.4) is 0 Å². The van der Waals surface area contributed by atoms with Gasteiger partial charge in [0.05, 0.1) is 6.04 Å². The van der Waals surface area contributed by atoms with Gasteiger partial charge in [-0.1, -0.05) is 26.2 Å². The molecule has 1 fully saturated rings. The topological polar surface area (TPSA) is 58.4 Å². The lowest BCUT2D eigenvalue weighted by Crippen LogP contribution is -2.40. The predicted molar refractivity (Wildman–Crippen MR) is 87.3 cm³/mol. The fourth-order valence-electron chi connectivity index (χ4n) is 2.60. The van der Waals surface area contributed by atoms with E-state index in [1.165, 1.54) is 51.7 Å². The van der Waals surface area contributed by atoms with Crippen LogP contribution in [0.25, 0.3) is 0 Å².